The molecular weight excluding hydrogens is 196 g/mol. The molecule has 0 aliphatic rings. The second kappa shape index (κ2) is 3.09. The van der Waals surface area contributed by atoms with Gasteiger partial charge in [-0.15, -0.1) is 0 Å². The summed E-state index contributed by atoms with van der Waals surface area (Å²) in [7, 11) is 1.92. The summed E-state index contributed by atoms with van der Waals surface area (Å²) in [5, 5.41) is 4.35. The average molecular weight is 208 g/mol. The minimum Gasteiger partial charge on any atom is -0.334 e. The summed E-state index contributed by atoms with van der Waals surface area (Å²) in [4.78, 5) is 3.06. The Hall–Kier alpha value is -1.36. The molecule has 0 radical (unpaired) electrons. The Bertz CT molecular complexity index is 498. The largest absolute Gasteiger partial charge is 0.334 e. The molecule has 2 aromatic heterocycles. The van der Waals surface area contributed by atoms with E-state index in [1.165, 1.54) is 0 Å². The summed E-state index contributed by atoms with van der Waals surface area (Å²) >= 11 is 5.17. The monoisotopic (exact) mass is 208 g/mol. The van der Waals surface area contributed by atoms with Crippen LogP contribution < -0.4 is 0 Å². The fraction of sp³-hybridized carbons (Fsp3) is 0.333. The van der Waals surface area contributed by atoms with Crippen molar-refractivity contribution in [1.29, 1.82) is 0 Å². The summed E-state index contributed by atoms with van der Waals surface area (Å²) in [6.07, 6.45) is 1.95. The Morgan fingerprint density at radius 1 is 1.43 bits per heavy atom. The first-order chi connectivity index (χ1) is 6.58. The van der Waals surface area contributed by atoms with Crippen LogP contribution in [0, 0.1) is 18.6 Å². The number of imidazole rings is 1. The van der Waals surface area contributed by atoms with Crippen molar-refractivity contribution in [3.05, 3.63) is 28.4 Å². The van der Waals surface area contributed by atoms with E-state index in [2.05, 4.69) is 10.1 Å². The maximum absolute atomic E-state index is 5.17. The molecule has 0 saturated heterocycles. The minimum absolute atomic E-state index is 0.681. The van der Waals surface area contributed by atoms with E-state index in [-0.39, 0.29) is 0 Å². The number of hydrogen-bond donors (Lipinski definition) is 1. The number of nitrogens with zero attached hydrogens (tertiary/aromatic N) is 3. The van der Waals surface area contributed by atoms with Gasteiger partial charge in [-0.25, -0.2) is 0 Å². The molecule has 0 aromatic carbocycles. The highest BCUT2D eigenvalue weighted by Crippen LogP contribution is 2.09. The van der Waals surface area contributed by atoms with E-state index < -0.39 is 0 Å². The molecule has 0 spiro atoms. The molecule has 0 aliphatic carbocycles. The number of hydrogen-bond acceptors (Lipinski definition) is 2. The molecule has 74 valence electrons. The number of aromatic amines is 1. The molecular formula is C9H12N4S. The highest BCUT2D eigenvalue weighted by atomic mass is 32.1. The van der Waals surface area contributed by atoms with E-state index in [1.807, 2.05) is 42.4 Å². The highest BCUT2D eigenvalue weighted by Gasteiger charge is 2.04. The molecule has 14 heavy (non-hydrogen) atoms. The molecule has 2 aromatic rings. The van der Waals surface area contributed by atoms with Crippen LogP contribution in [0.25, 0.3) is 5.82 Å². The zero-order valence-electron chi connectivity index (χ0n) is 8.40. The molecule has 2 heterocycles. The number of H-pyrrole nitrogens is 1. The van der Waals surface area contributed by atoms with Crippen LogP contribution in [0.4, 0.5) is 0 Å². The van der Waals surface area contributed by atoms with Crippen LogP contribution in [0.2, 0.25) is 0 Å². The van der Waals surface area contributed by atoms with Crippen molar-refractivity contribution in [3.8, 4) is 5.82 Å². The lowest BCUT2D eigenvalue weighted by Gasteiger charge is -1.93. The van der Waals surface area contributed by atoms with Gasteiger partial charge >= 0.3 is 0 Å². The van der Waals surface area contributed by atoms with Gasteiger partial charge in [0.1, 0.15) is 0 Å². The zero-order chi connectivity index (χ0) is 10.3. The van der Waals surface area contributed by atoms with Crippen LogP contribution in [-0.4, -0.2) is 19.3 Å². The van der Waals surface area contributed by atoms with E-state index in [4.69, 9.17) is 12.2 Å². The first-order valence-corrected chi connectivity index (χ1v) is 4.78. The van der Waals surface area contributed by atoms with Crippen LogP contribution in [0.15, 0.2) is 12.3 Å². The lowest BCUT2D eigenvalue weighted by molar-refractivity contribution is 0.726. The van der Waals surface area contributed by atoms with E-state index >= 15 is 0 Å². The number of aromatic nitrogens is 4. The Balaban J connectivity index is 2.60. The van der Waals surface area contributed by atoms with Crippen LogP contribution in [0.1, 0.15) is 11.4 Å². The van der Waals surface area contributed by atoms with Gasteiger partial charge in [-0.05, 0) is 26.1 Å². The molecule has 0 amide bonds. The van der Waals surface area contributed by atoms with Crippen molar-refractivity contribution in [1.82, 2.24) is 19.3 Å². The van der Waals surface area contributed by atoms with Gasteiger partial charge in [0.15, 0.2) is 10.6 Å². The van der Waals surface area contributed by atoms with Crippen molar-refractivity contribution >= 4 is 12.2 Å². The molecule has 5 heteroatoms. The van der Waals surface area contributed by atoms with E-state index in [0.29, 0.717) is 4.77 Å². The van der Waals surface area contributed by atoms with Crippen molar-refractivity contribution in [2.75, 3.05) is 0 Å². The van der Waals surface area contributed by atoms with Gasteiger partial charge < -0.3 is 4.98 Å². The molecule has 1 N–H and O–H groups in total. The summed E-state index contributed by atoms with van der Waals surface area (Å²) in [6.45, 7) is 3.99. The Kier molecular flexibility index (Phi) is 2.03. The zero-order valence-corrected chi connectivity index (χ0v) is 9.22. The summed E-state index contributed by atoms with van der Waals surface area (Å²) in [5.41, 5.74) is 2.15. The van der Waals surface area contributed by atoms with Crippen molar-refractivity contribution in [2.24, 2.45) is 7.05 Å². The van der Waals surface area contributed by atoms with Crippen LogP contribution in [0.5, 0.6) is 0 Å². The fourth-order valence-corrected chi connectivity index (χ4v) is 1.65. The first-order valence-electron chi connectivity index (χ1n) is 4.37. The standard InChI is InChI=1S/C9H12N4S/c1-6-5-13(9(14)10-6)8-4-7(2)12(3)11-8/h4-5H,1-3H3,(H,10,14). The smallest absolute Gasteiger partial charge is 0.183 e. The lowest BCUT2D eigenvalue weighted by atomic mass is 10.4. The van der Waals surface area contributed by atoms with Gasteiger partial charge in [-0.1, -0.05) is 0 Å². The maximum atomic E-state index is 5.17. The first kappa shape index (κ1) is 9.21. The average Bonchev–Trinajstić information content (AvgIpc) is 2.57. The van der Waals surface area contributed by atoms with Crippen LogP contribution in [0.3, 0.4) is 0 Å². The SMILES string of the molecule is Cc1cn(-c2cc(C)n(C)n2)c(=S)[nH]1. The van der Waals surface area contributed by atoms with Gasteiger partial charge in [0, 0.05) is 30.7 Å². The van der Waals surface area contributed by atoms with Gasteiger partial charge in [-0.2, -0.15) is 5.10 Å². The fourth-order valence-electron chi connectivity index (χ4n) is 1.34. The highest BCUT2D eigenvalue weighted by molar-refractivity contribution is 7.71. The summed E-state index contributed by atoms with van der Waals surface area (Å²) in [6, 6.07) is 2.00. The van der Waals surface area contributed by atoms with Crippen molar-refractivity contribution in [2.45, 2.75) is 13.8 Å². The third-order valence-corrected chi connectivity index (χ3v) is 2.49. The van der Waals surface area contributed by atoms with Crippen molar-refractivity contribution in [3.63, 3.8) is 0 Å². The molecule has 0 unspecified atom stereocenters. The number of rotatable bonds is 1. The normalized spacial score (nSPS) is 10.8. The second-order valence-electron chi connectivity index (χ2n) is 3.38. The molecule has 0 atom stereocenters. The van der Waals surface area contributed by atoms with Crippen molar-refractivity contribution < 1.29 is 0 Å². The Morgan fingerprint density at radius 3 is 2.57 bits per heavy atom. The summed E-state index contributed by atoms with van der Waals surface area (Å²) < 4.78 is 4.39. The molecule has 0 bridgehead atoms. The second-order valence-corrected chi connectivity index (χ2v) is 3.77. The topological polar surface area (TPSA) is 38.5 Å². The molecule has 0 fully saturated rings. The van der Waals surface area contributed by atoms with Gasteiger partial charge in [0.05, 0.1) is 0 Å². The third kappa shape index (κ3) is 1.39. The van der Waals surface area contributed by atoms with Gasteiger partial charge in [0.25, 0.3) is 0 Å². The summed E-state index contributed by atoms with van der Waals surface area (Å²) in [5.74, 6) is 0.861. The Morgan fingerprint density at radius 2 is 2.14 bits per heavy atom. The van der Waals surface area contributed by atoms with Gasteiger partial charge in [0.2, 0.25) is 0 Å². The third-order valence-electron chi connectivity index (χ3n) is 2.19. The van der Waals surface area contributed by atoms with Crippen LogP contribution >= 0.6 is 12.2 Å². The van der Waals surface area contributed by atoms with E-state index in [1.54, 1.807) is 0 Å². The molecule has 0 aliphatic heterocycles. The molecule has 0 saturated carbocycles. The minimum atomic E-state index is 0.681. The maximum Gasteiger partial charge on any atom is 0.183 e. The molecule has 2 rings (SSSR count). The number of aryl methyl sites for hydroxylation is 3. The van der Waals surface area contributed by atoms with E-state index in [0.717, 1.165) is 17.2 Å². The van der Waals surface area contributed by atoms with E-state index in [9.17, 15) is 0 Å². The lowest BCUT2D eigenvalue weighted by Crippen LogP contribution is -1.96. The Labute approximate surface area is 87.2 Å². The number of nitrogens with one attached hydrogen (secondary N) is 1. The predicted octanol–water partition coefficient (Wildman–Crippen LogP) is 1.89. The van der Waals surface area contributed by atoms with Crippen LogP contribution in [-0.2, 0) is 7.05 Å². The quantitative estimate of drug-likeness (QED) is 0.727. The van der Waals surface area contributed by atoms with Gasteiger partial charge in [-0.3, -0.25) is 9.25 Å². The predicted molar refractivity (Wildman–Crippen MR) is 57.2 cm³/mol. The molecule has 4 nitrogen and oxygen atoms in total.